The van der Waals surface area contributed by atoms with Crippen LogP contribution in [-0.2, 0) is 0 Å². The van der Waals surface area contributed by atoms with Gasteiger partial charge in [-0.15, -0.1) is 0 Å². The van der Waals surface area contributed by atoms with Crippen molar-refractivity contribution >= 4 is 0 Å². The standard InChI is InChI=1S/C5H11NO4/c1-4(7)5(2,8)3-6(9)10/h4,7-8H,3H2,1-2H3. The summed E-state index contributed by atoms with van der Waals surface area (Å²) in [5, 5.41) is 27.7. The molecule has 0 aromatic carbocycles. The highest BCUT2D eigenvalue weighted by Gasteiger charge is 2.32. The molecule has 2 atom stereocenters. The summed E-state index contributed by atoms with van der Waals surface area (Å²) in [7, 11) is 0. The van der Waals surface area contributed by atoms with Gasteiger partial charge in [0, 0.05) is 4.92 Å². The van der Waals surface area contributed by atoms with Crippen LogP contribution in [0.4, 0.5) is 0 Å². The smallest absolute Gasteiger partial charge is 0.234 e. The number of aliphatic hydroxyl groups is 2. The Hall–Kier alpha value is -0.680. The van der Waals surface area contributed by atoms with Crippen LogP contribution in [-0.4, -0.2) is 33.4 Å². The molecule has 2 unspecified atom stereocenters. The number of nitro groups is 1. The Labute approximate surface area is 58.4 Å². The van der Waals surface area contributed by atoms with Crippen LogP contribution in [0, 0.1) is 10.1 Å². The first-order chi connectivity index (χ1) is 4.36. The first-order valence-electron chi connectivity index (χ1n) is 2.88. The molecule has 0 heterocycles. The fourth-order valence-electron chi connectivity index (χ4n) is 0.393. The van der Waals surface area contributed by atoms with E-state index >= 15 is 0 Å². The summed E-state index contributed by atoms with van der Waals surface area (Å²) < 4.78 is 0. The molecule has 0 rings (SSSR count). The van der Waals surface area contributed by atoms with Gasteiger partial charge in [-0.05, 0) is 13.8 Å². The van der Waals surface area contributed by atoms with E-state index in [0.717, 1.165) is 0 Å². The molecule has 0 aliphatic rings. The van der Waals surface area contributed by atoms with Gasteiger partial charge in [-0.2, -0.15) is 0 Å². The predicted molar refractivity (Wildman–Crippen MR) is 34.2 cm³/mol. The number of aliphatic hydroxyl groups excluding tert-OH is 1. The predicted octanol–water partition coefficient (Wildman–Crippen LogP) is -0.605. The average molecular weight is 149 g/mol. The highest BCUT2D eigenvalue weighted by Crippen LogP contribution is 2.08. The van der Waals surface area contributed by atoms with Gasteiger partial charge in [0.1, 0.15) is 0 Å². The van der Waals surface area contributed by atoms with Crippen LogP contribution in [0.1, 0.15) is 13.8 Å². The lowest BCUT2D eigenvalue weighted by molar-refractivity contribution is -0.502. The van der Waals surface area contributed by atoms with E-state index < -0.39 is 23.2 Å². The average Bonchev–Trinajstić information content (AvgIpc) is 1.60. The van der Waals surface area contributed by atoms with Crippen LogP contribution in [0.5, 0.6) is 0 Å². The summed E-state index contributed by atoms with van der Waals surface area (Å²) in [6.07, 6.45) is -1.09. The Morgan fingerprint density at radius 3 is 2.30 bits per heavy atom. The third kappa shape index (κ3) is 2.75. The quantitative estimate of drug-likeness (QED) is 0.414. The molecule has 5 heteroatoms. The van der Waals surface area contributed by atoms with Crippen LogP contribution in [0.2, 0.25) is 0 Å². The van der Waals surface area contributed by atoms with E-state index in [1.165, 1.54) is 13.8 Å². The molecule has 0 radical (unpaired) electrons. The highest BCUT2D eigenvalue weighted by molar-refractivity contribution is 4.76. The van der Waals surface area contributed by atoms with E-state index in [0.29, 0.717) is 0 Å². The minimum Gasteiger partial charge on any atom is -0.390 e. The van der Waals surface area contributed by atoms with Crippen molar-refractivity contribution in [3.63, 3.8) is 0 Å². The summed E-state index contributed by atoms with van der Waals surface area (Å²) in [5.41, 5.74) is -1.62. The molecule has 5 nitrogen and oxygen atoms in total. The first-order valence-corrected chi connectivity index (χ1v) is 2.88. The van der Waals surface area contributed by atoms with Crippen LogP contribution in [0.3, 0.4) is 0 Å². The molecular formula is C5H11NO4. The Kier molecular flexibility index (Phi) is 2.74. The number of nitrogens with zero attached hydrogens (tertiary/aromatic N) is 1. The van der Waals surface area contributed by atoms with E-state index in [1.807, 2.05) is 0 Å². The van der Waals surface area contributed by atoms with Gasteiger partial charge in [-0.25, -0.2) is 0 Å². The minimum absolute atomic E-state index is 0.634. The summed E-state index contributed by atoms with van der Waals surface area (Å²) in [4.78, 5) is 9.19. The number of hydrogen-bond donors (Lipinski definition) is 2. The maximum atomic E-state index is 9.85. The van der Waals surface area contributed by atoms with Gasteiger partial charge in [-0.1, -0.05) is 0 Å². The Morgan fingerprint density at radius 1 is 1.80 bits per heavy atom. The minimum atomic E-state index is -1.62. The third-order valence-electron chi connectivity index (χ3n) is 1.35. The number of rotatable bonds is 3. The van der Waals surface area contributed by atoms with Gasteiger partial charge in [0.15, 0.2) is 5.60 Å². The second kappa shape index (κ2) is 2.94. The highest BCUT2D eigenvalue weighted by atomic mass is 16.6. The van der Waals surface area contributed by atoms with E-state index in [1.54, 1.807) is 0 Å². The normalized spacial score (nSPS) is 19.6. The van der Waals surface area contributed by atoms with Crippen LogP contribution in [0.25, 0.3) is 0 Å². The van der Waals surface area contributed by atoms with Crippen molar-refractivity contribution in [2.24, 2.45) is 0 Å². The molecule has 0 aliphatic carbocycles. The van der Waals surface area contributed by atoms with Crippen molar-refractivity contribution in [3.05, 3.63) is 10.1 Å². The van der Waals surface area contributed by atoms with Gasteiger partial charge in [-0.3, -0.25) is 10.1 Å². The van der Waals surface area contributed by atoms with Gasteiger partial charge < -0.3 is 10.2 Å². The molecule has 0 fully saturated rings. The van der Waals surface area contributed by atoms with Crippen molar-refractivity contribution in [1.29, 1.82) is 0 Å². The van der Waals surface area contributed by atoms with Crippen LogP contribution >= 0.6 is 0 Å². The van der Waals surface area contributed by atoms with Crippen molar-refractivity contribution in [2.75, 3.05) is 6.54 Å². The largest absolute Gasteiger partial charge is 0.390 e. The molecule has 0 aromatic heterocycles. The van der Waals surface area contributed by atoms with E-state index in [-0.39, 0.29) is 0 Å². The molecule has 0 spiro atoms. The van der Waals surface area contributed by atoms with Gasteiger partial charge in [0.05, 0.1) is 6.10 Å². The topological polar surface area (TPSA) is 83.6 Å². The second-order valence-electron chi connectivity index (χ2n) is 2.52. The van der Waals surface area contributed by atoms with Gasteiger partial charge >= 0.3 is 0 Å². The molecule has 0 saturated carbocycles. The molecule has 0 aliphatic heterocycles. The SMILES string of the molecule is CC(O)C(C)(O)C[N+](=O)[O-]. The summed E-state index contributed by atoms with van der Waals surface area (Å²) in [5.74, 6) is 0. The Morgan fingerprint density at radius 2 is 2.20 bits per heavy atom. The molecule has 0 saturated heterocycles. The van der Waals surface area contributed by atoms with Crippen molar-refractivity contribution in [2.45, 2.75) is 25.6 Å². The van der Waals surface area contributed by atoms with Crippen molar-refractivity contribution in [3.8, 4) is 0 Å². The van der Waals surface area contributed by atoms with Gasteiger partial charge in [0.2, 0.25) is 6.54 Å². The first kappa shape index (κ1) is 9.32. The monoisotopic (exact) mass is 149 g/mol. The number of hydrogen-bond acceptors (Lipinski definition) is 4. The zero-order valence-corrected chi connectivity index (χ0v) is 5.94. The molecule has 2 N–H and O–H groups in total. The van der Waals surface area contributed by atoms with E-state index in [4.69, 9.17) is 10.2 Å². The molecule has 0 aromatic rings. The molecule has 0 amide bonds. The van der Waals surface area contributed by atoms with Crippen LogP contribution < -0.4 is 0 Å². The maximum Gasteiger partial charge on any atom is 0.234 e. The third-order valence-corrected chi connectivity index (χ3v) is 1.35. The van der Waals surface area contributed by atoms with Crippen LogP contribution in [0.15, 0.2) is 0 Å². The van der Waals surface area contributed by atoms with E-state index in [9.17, 15) is 10.1 Å². The lowest BCUT2D eigenvalue weighted by Gasteiger charge is -2.20. The molecule has 0 bridgehead atoms. The van der Waals surface area contributed by atoms with Gasteiger partial charge in [0.25, 0.3) is 0 Å². The molecule has 10 heavy (non-hydrogen) atoms. The Bertz CT molecular complexity index is 132. The Balaban J connectivity index is 3.99. The van der Waals surface area contributed by atoms with Crippen molar-refractivity contribution in [1.82, 2.24) is 0 Å². The molecule has 60 valence electrons. The fraction of sp³-hybridized carbons (Fsp3) is 1.00. The molecular weight excluding hydrogens is 138 g/mol. The fourth-order valence-corrected chi connectivity index (χ4v) is 0.393. The van der Waals surface area contributed by atoms with Crippen molar-refractivity contribution < 1.29 is 15.1 Å². The summed E-state index contributed by atoms with van der Waals surface area (Å²) >= 11 is 0. The zero-order chi connectivity index (χ0) is 8.36. The summed E-state index contributed by atoms with van der Waals surface area (Å²) in [6, 6.07) is 0. The van der Waals surface area contributed by atoms with E-state index in [2.05, 4.69) is 0 Å². The lowest BCUT2D eigenvalue weighted by atomic mass is 10.0. The maximum absolute atomic E-state index is 9.85. The summed E-state index contributed by atoms with van der Waals surface area (Å²) in [6.45, 7) is 1.90. The zero-order valence-electron chi connectivity index (χ0n) is 5.94. The lowest BCUT2D eigenvalue weighted by Crippen LogP contribution is -2.43. The second-order valence-corrected chi connectivity index (χ2v) is 2.52.